The van der Waals surface area contributed by atoms with Gasteiger partial charge >= 0.3 is 0 Å². The van der Waals surface area contributed by atoms with Crippen LogP contribution in [-0.4, -0.2) is 14.7 Å². The van der Waals surface area contributed by atoms with Crippen LogP contribution in [0, 0.1) is 13.8 Å². The predicted molar refractivity (Wildman–Crippen MR) is 95.5 cm³/mol. The molecule has 0 aliphatic heterocycles. The molecule has 0 saturated heterocycles. The fraction of sp³-hybridized carbons (Fsp3) is 0.158. The van der Waals surface area contributed by atoms with Crippen molar-refractivity contribution in [2.45, 2.75) is 20.5 Å². The monoisotopic (exact) mass is 324 g/mol. The van der Waals surface area contributed by atoms with Crippen molar-refractivity contribution in [3.05, 3.63) is 64.4 Å². The van der Waals surface area contributed by atoms with Crippen LogP contribution in [0.4, 0.5) is 0 Å². The van der Waals surface area contributed by atoms with Gasteiger partial charge in [0.1, 0.15) is 0 Å². The maximum atomic E-state index is 9.30. The molecule has 0 fully saturated rings. The molecule has 0 radical (unpaired) electrons. The first-order chi connectivity index (χ1) is 11.1. The minimum absolute atomic E-state index is 0.0516. The van der Waals surface area contributed by atoms with Gasteiger partial charge in [-0.1, -0.05) is 11.6 Å². The Morgan fingerprint density at radius 3 is 2.74 bits per heavy atom. The highest BCUT2D eigenvalue weighted by molar-refractivity contribution is 6.32. The molecule has 0 aliphatic rings. The van der Waals surface area contributed by atoms with Gasteiger partial charge in [0.2, 0.25) is 0 Å². The molecule has 0 saturated carbocycles. The van der Waals surface area contributed by atoms with Crippen LogP contribution in [0.1, 0.15) is 16.7 Å². The smallest absolute Gasteiger partial charge is 0.0696 e. The zero-order valence-corrected chi connectivity index (χ0v) is 13.8. The molecule has 116 valence electrons. The molecule has 0 aliphatic carbocycles. The van der Waals surface area contributed by atoms with Crippen LogP contribution in [0.3, 0.4) is 0 Å². The van der Waals surface area contributed by atoms with Crippen molar-refractivity contribution in [1.82, 2.24) is 9.55 Å². The molecule has 3 nitrogen and oxygen atoms in total. The van der Waals surface area contributed by atoms with E-state index in [2.05, 4.69) is 29.5 Å². The van der Waals surface area contributed by atoms with Crippen molar-refractivity contribution < 1.29 is 5.11 Å². The number of nitrogens with one attached hydrogen (secondary N) is 1. The van der Waals surface area contributed by atoms with Crippen LogP contribution in [0.2, 0.25) is 5.02 Å². The lowest BCUT2D eigenvalue weighted by Gasteiger charge is -2.11. The molecule has 4 aromatic rings. The van der Waals surface area contributed by atoms with Crippen molar-refractivity contribution in [2.75, 3.05) is 0 Å². The molecule has 4 heteroatoms. The highest BCUT2D eigenvalue weighted by Crippen LogP contribution is 2.35. The second kappa shape index (κ2) is 5.15. The fourth-order valence-corrected chi connectivity index (χ4v) is 3.49. The first-order valence-corrected chi connectivity index (χ1v) is 7.95. The summed E-state index contributed by atoms with van der Waals surface area (Å²) in [6.07, 6.45) is 3.95. The summed E-state index contributed by atoms with van der Waals surface area (Å²) in [4.78, 5) is 3.50. The summed E-state index contributed by atoms with van der Waals surface area (Å²) in [6, 6.07) is 10.1. The number of aliphatic hydroxyl groups excluding tert-OH is 1. The highest BCUT2D eigenvalue weighted by Gasteiger charge is 2.14. The molecule has 23 heavy (non-hydrogen) atoms. The summed E-state index contributed by atoms with van der Waals surface area (Å²) in [7, 11) is 0. The van der Waals surface area contributed by atoms with Crippen LogP contribution >= 0.6 is 11.6 Å². The van der Waals surface area contributed by atoms with E-state index in [1.165, 1.54) is 16.5 Å². The van der Waals surface area contributed by atoms with Crippen LogP contribution in [-0.2, 0) is 6.61 Å². The lowest BCUT2D eigenvalue weighted by Crippen LogP contribution is -1.96. The number of fused-ring (bicyclic) bond motifs is 3. The molecule has 4 rings (SSSR count). The van der Waals surface area contributed by atoms with Gasteiger partial charge in [0.05, 0.1) is 6.61 Å². The number of aromatic nitrogens is 2. The average molecular weight is 325 g/mol. The molecule has 0 atom stereocenters. The SMILES string of the molecule is Cc1cc(-n2ccc(CO)c2)c(C)c2c1[nH]c1ccc(Cl)cc12. The Balaban J connectivity index is 2.08. The largest absolute Gasteiger partial charge is 0.392 e. The lowest BCUT2D eigenvalue weighted by molar-refractivity contribution is 0.282. The maximum Gasteiger partial charge on any atom is 0.0696 e. The average Bonchev–Trinajstić information content (AvgIpc) is 3.15. The van der Waals surface area contributed by atoms with E-state index in [4.69, 9.17) is 11.6 Å². The van der Waals surface area contributed by atoms with Crippen LogP contribution in [0.5, 0.6) is 0 Å². The lowest BCUT2D eigenvalue weighted by atomic mass is 10.0. The summed E-state index contributed by atoms with van der Waals surface area (Å²) < 4.78 is 2.07. The Morgan fingerprint density at radius 1 is 1.17 bits per heavy atom. The number of rotatable bonds is 2. The molecule has 0 unspecified atom stereocenters. The Bertz CT molecular complexity index is 1040. The van der Waals surface area contributed by atoms with Crippen molar-refractivity contribution >= 4 is 33.4 Å². The summed E-state index contributed by atoms with van der Waals surface area (Å²) in [5.41, 5.74) is 6.65. The van der Waals surface area contributed by atoms with E-state index in [0.29, 0.717) is 0 Å². The van der Waals surface area contributed by atoms with E-state index in [-0.39, 0.29) is 6.61 Å². The number of halogens is 1. The van der Waals surface area contributed by atoms with Gasteiger partial charge in [-0.3, -0.25) is 0 Å². The minimum Gasteiger partial charge on any atom is -0.392 e. The number of hydrogen-bond acceptors (Lipinski definition) is 1. The Morgan fingerprint density at radius 2 is 2.00 bits per heavy atom. The van der Waals surface area contributed by atoms with Crippen LogP contribution in [0.15, 0.2) is 42.7 Å². The van der Waals surface area contributed by atoms with E-state index in [0.717, 1.165) is 32.7 Å². The van der Waals surface area contributed by atoms with Gasteiger partial charge in [-0.2, -0.15) is 0 Å². The summed E-state index contributed by atoms with van der Waals surface area (Å²) in [6.45, 7) is 4.29. The fourth-order valence-electron chi connectivity index (χ4n) is 3.32. The van der Waals surface area contributed by atoms with Crippen molar-refractivity contribution in [2.24, 2.45) is 0 Å². The van der Waals surface area contributed by atoms with E-state index in [9.17, 15) is 5.11 Å². The molecule has 0 amide bonds. The minimum atomic E-state index is 0.0516. The Labute approximate surface area is 139 Å². The normalized spacial score (nSPS) is 11.7. The number of nitrogens with zero attached hydrogens (tertiary/aromatic N) is 1. The zero-order chi connectivity index (χ0) is 16.1. The Hall–Kier alpha value is -2.23. The van der Waals surface area contributed by atoms with Gasteiger partial charge in [-0.05, 0) is 60.9 Å². The second-order valence-electron chi connectivity index (χ2n) is 5.99. The highest BCUT2D eigenvalue weighted by atomic mass is 35.5. The third kappa shape index (κ3) is 2.16. The van der Waals surface area contributed by atoms with Gasteiger partial charge in [0, 0.05) is 44.9 Å². The second-order valence-corrected chi connectivity index (χ2v) is 6.42. The summed E-state index contributed by atoms with van der Waals surface area (Å²) >= 11 is 6.20. The quantitative estimate of drug-likeness (QED) is 0.542. The molecule has 2 N–H and O–H groups in total. The zero-order valence-electron chi connectivity index (χ0n) is 13.0. The molecule has 0 spiro atoms. The summed E-state index contributed by atoms with van der Waals surface area (Å²) in [5, 5.41) is 12.4. The molecular weight excluding hydrogens is 308 g/mol. The molecule has 0 bridgehead atoms. The van der Waals surface area contributed by atoms with Gasteiger partial charge in [-0.25, -0.2) is 0 Å². The van der Waals surface area contributed by atoms with Crippen molar-refractivity contribution in [1.29, 1.82) is 0 Å². The Kier molecular flexibility index (Phi) is 3.22. The third-order valence-electron chi connectivity index (χ3n) is 4.48. The van der Waals surface area contributed by atoms with Crippen molar-refractivity contribution in [3.8, 4) is 5.69 Å². The topological polar surface area (TPSA) is 41.0 Å². The number of hydrogen-bond donors (Lipinski definition) is 2. The van der Waals surface area contributed by atoms with E-state index < -0.39 is 0 Å². The summed E-state index contributed by atoms with van der Waals surface area (Å²) in [5.74, 6) is 0. The van der Waals surface area contributed by atoms with E-state index in [1.54, 1.807) is 0 Å². The molecular formula is C19H17ClN2O. The first kappa shape index (κ1) is 14.4. The van der Waals surface area contributed by atoms with Crippen LogP contribution < -0.4 is 0 Å². The first-order valence-electron chi connectivity index (χ1n) is 7.57. The molecule has 2 aromatic carbocycles. The molecule has 2 heterocycles. The number of H-pyrrole nitrogens is 1. The third-order valence-corrected chi connectivity index (χ3v) is 4.72. The number of aryl methyl sites for hydroxylation is 2. The van der Waals surface area contributed by atoms with Crippen LogP contribution in [0.25, 0.3) is 27.5 Å². The maximum absolute atomic E-state index is 9.30. The standard InChI is InChI=1S/C19H17ClN2O/c1-11-7-17(22-6-5-13(9-22)10-23)12(2)18-15-8-14(20)3-4-16(15)21-19(11)18/h3-9,21,23H,10H2,1-2H3. The molecule has 2 aromatic heterocycles. The number of aliphatic hydroxyl groups is 1. The van der Waals surface area contributed by atoms with Gasteiger partial charge < -0.3 is 14.7 Å². The predicted octanol–water partition coefficient (Wildman–Crippen LogP) is 4.87. The van der Waals surface area contributed by atoms with Gasteiger partial charge in [0.25, 0.3) is 0 Å². The van der Waals surface area contributed by atoms with Gasteiger partial charge in [0.15, 0.2) is 0 Å². The van der Waals surface area contributed by atoms with Crippen molar-refractivity contribution in [3.63, 3.8) is 0 Å². The van der Waals surface area contributed by atoms with E-state index in [1.807, 2.05) is 36.7 Å². The number of benzene rings is 2. The van der Waals surface area contributed by atoms with Gasteiger partial charge in [-0.15, -0.1) is 0 Å². The van der Waals surface area contributed by atoms with E-state index >= 15 is 0 Å². The number of aromatic amines is 1.